The Hall–Kier alpha value is -2.02. The van der Waals surface area contributed by atoms with Crippen molar-refractivity contribution in [2.75, 3.05) is 5.75 Å². The molecule has 0 aliphatic heterocycles. The SMILES string of the molecule is Cc1ccc(OCc2nnc(SCC(N)=O)n2C)cc1. The number of aryl methyl sites for hydroxylation is 1. The monoisotopic (exact) mass is 292 g/mol. The molecule has 0 unspecified atom stereocenters. The number of rotatable bonds is 6. The Kier molecular flexibility index (Phi) is 4.62. The predicted molar refractivity (Wildman–Crippen MR) is 76.4 cm³/mol. The van der Waals surface area contributed by atoms with Crippen LogP contribution in [-0.2, 0) is 18.4 Å². The van der Waals surface area contributed by atoms with Crippen LogP contribution in [0.3, 0.4) is 0 Å². The molecular weight excluding hydrogens is 276 g/mol. The maximum atomic E-state index is 10.7. The van der Waals surface area contributed by atoms with Gasteiger partial charge in [-0.15, -0.1) is 10.2 Å². The van der Waals surface area contributed by atoms with Gasteiger partial charge in [0.2, 0.25) is 5.91 Å². The average molecular weight is 292 g/mol. The molecule has 106 valence electrons. The van der Waals surface area contributed by atoms with E-state index in [0.29, 0.717) is 17.6 Å². The van der Waals surface area contributed by atoms with E-state index in [1.165, 1.54) is 17.3 Å². The Bertz CT molecular complexity index is 595. The number of hydrogen-bond donors (Lipinski definition) is 1. The highest BCUT2D eigenvalue weighted by atomic mass is 32.2. The zero-order chi connectivity index (χ0) is 14.5. The zero-order valence-corrected chi connectivity index (χ0v) is 12.2. The van der Waals surface area contributed by atoms with E-state index in [1.807, 2.05) is 38.2 Å². The summed E-state index contributed by atoms with van der Waals surface area (Å²) in [6.45, 7) is 2.35. The van der Waals surface area contributed by atoms with Gasteiger partial charge in [-0.05, 0) is 19.1 Å². The van der Waals surface area contributed by atoms with E-state index in [0.717, 1.165) is 5.75 Å². The Balaban J connectivity index is 1.96. The number of amides is 1. The molecule has 0 saturated carbocycles. The molecule has 2 rings (SSSR count). The molecule has 0 fully saturated rings. The second-order valence-electron chi connectivity index (χ2n) is 4.31. The van der Waals surface area contributed by atoms with Gasteiger partial charge in [0.25, 0.3) is 0 Å². The van der Waals surface area contributed by atoms with E-state index in [9.17, 15) is 4.79 Å². The van der Waals surface area contributed by atoms with Crippen LogP contribution in [0.25, 0.3) is 0 Å². The number of benzene rings is 1. The van der Waals surface area contributed by atoms with Gasteiger partial charge in [0.05, 0.1) is 5.75 Å². The summed E-state index contributed by atoms with van der Waals surface area (Å²) in [7, 11) is 1.83. The van der Waals surface area contributed by atoms with E-state index in [-0.39, 0.29) is 11.7 Å². The molecule has 0 atom stereocenters. The minimum Gasteiger partial charge on any atom is -0.486 e. The summed E-state index contributed by atoms with van der Waals surface area (Å²) in [4.78, 5) is 10.7. The molecule has 0 saturated heterocycles. The fraction of sp³-hybridized carbons (Fsp3) is 0.308. The molecule has 1 aromatic heterocycles. The smallest absolute Gasteiger partial charge is 0.227 e. The lowest BCUT2D eigenvalue weighted by molar-refractivity contribution is -0.115. The van der Waals surface area contributed by atoms with Crippen molar-refractivity contribution in [1.82, 2.24) is 14.8 Å². The number of primary amides is 1. The first-order valence-corrected chi connectivity index (χ1v) is 7.03. The second kappa shape index (κ2) is 6.42. The van der Waals surface area contributed by atoms with Crippen LogP contribution in [0.1, 0.15) is 11.4 Å². The Morgan fingerprint density at radius 1 is 1.35 bits per heavy atom. The molecule has 0 bridgehead atoms. The third kappa shape index (κ3) is 3.74. The van der Waals surface area contributed by atoms with Crippen LogP contribution in [-0.4, -0.2) is 26.4 Å². The molecule has 1 aromatic carbocycles. The summed E-state index contributed by atoms with van der Waals surface area (Å²) in [6.07, 6.45) is 0. The number of nitrogens with two attached hydrogens (primary N) is 1. The Morgan fingerprint density at radius 3 is 2.70 bits per heavy atom. The van der Waals surface area contributed by atoms with E-state index >= 15 is 0 Å². The Morgan fingerprint density at radius 2 is 2.05 bits per heavy atom. The first kappa shape index (κ1) is 14.4. The van der Waals surface area contributed by atoms with Crippen LogP contribution in [0, 0.1) is 6.92 Å². The number of nitrogens with zero attached hydrogens (tertiary/aromatic N) is 3. The number of aromatic nitrogens is 3. The number of hydrogen-bond acceptors (Lipinski definition) is 5. The standard InChI is InChI=1S/C13H16N4O2S/c1-9-3-5-10(6-4-9)19-7-12-15-16-13(17(12)2)20-8-11(14)18/h3-6H,7-8H2,1-2H3,(H2,14,18). The van der Waals surface area contributed by atoms with Crippen LogP contribution in [0.5, 0.6) is 5.75 Å². The maximum absolute atomic E-state index is 10.7. The van der Waals surface area contributed by atoms with Gasteiger partial charge in [-0.2, -0.15) is 0 Å². The van der Waals surface area contributed by atoms with Crippen molar-refractivity contribution in [2.45, 2.75) is 18.7 Å². The molecule has 0 radical (unpaired) electrons. The molecule has 7 heteroatoms. The molecule has 1 amide bonds. The number of carbonyl (C=O) groups is 1. The lowest BCUT2D eigenvalue weighted by atomic mass is 10.2. The van der Waals surface area contributed by atoms with Gasteiger partial charge in [-0.1, -0.05) is 29.5 Å². The lowest BCUT2D eigenvalue weighted by Gasteiger charge is -2.06. The third-order valence-electron chi connectivity index (χ3n) is 2.66. The van der Waals surface area contributed by atoms with Gasteiger partial charge in [-0.25, -0.2) is 0 Å². The normalized spacial score (nSPS) is 10.5. The molecule has 6 nitrogen and oxygen atoms in total. The summed E-state index contributed by atoms with van der Waals surface area (Å²) in [6, 6.07) is 7.79. The lowest BCUT2D eigenvalue weighted by Crippen LogP contribution is -2.13. The molecule has 1 heterocycles. The molecule has 0 spiro atoms. The molecule has 2 aromatic rings. The highest BCUT2D eigenvalue weighted by Gasteiger charge is 2.10. The van der Waals surface area contributed by atoms with Crippen LogP contribution in [0.4, 0.5) is 0 Å². The van der Waals surface area contributed by atoms with E-state index < -0.39 is 0 Å². The second-order valence-corrected chi connectivity index (χ2v) is 5.26. The van der Waals surface area contributed by atoms with E-state index in [2.05, 4.69) is 10.2 Å². The van der Waals surface area contributed by atoms with Crippen molar-refractivity contribution >= 4 is 17.7 Å². The van der Waals surface area contributed by atoms with E-state index in [4.69, 9.17) is 10.5 Å². The molecule has 2 N–H and O–H groups in total. The zero-order valence-electron chi connectivity index (χ0n) is 11.4. The summed E-state index contributed by atoms with van der Waals surface area (Å²) in [5, 5.41) is 8.69. The van der Waals surface area contributed by atoms with Crippen LogP contribution in [0.2, 0.25) is 0 Å². The van der Waals surface area contributed by atoms with Crippen molar-refractivity contribution in [2.24, 2.45) is 12.8 Å². The summed E-state index contributed by atoms with van der Waals surface area (Å²) in [5.74, 6) is 1.28. The number of carbonyl (C=O) groups excluding carboxylic acids is 1. The first-order valence-electron chi connectivity index (χ1n) is 6.05. The first-order chi connectivity index (χ1) is 9.56. The van der Waals surface area contributed by atoms with Crippen molar-refractivity contribution in [3.63, 3.8) is 0 Å². The third-order valence-corrected chi connectivity index (χ3v) is 3.70. The quantitative estimate of drug-likeness (QED) is 0.811. The highest BCUT2D eigenvalue weighted by molar-refractivity contribution is 7.99. The molecule has 0 aliphatic carbocycles. The van der Waals surface area contributed by atoms with Crippen LogP contribution < -0.4 is 10.5 Å². The molecule has 0 aliphatic rings. The fourth-order valence-electron chi connectivity index (χ4n) is 1.51. The summed E-state index contributed by atoms with van der Waals surface area (Å²) < 4.78 is 7.44. The topological polar surface area (TPSA) is 83.0 Å². The fourth-order valence-corrected chi connectivity index (χ4v) is 2.18. The predicted octanol–water partition coefficient (Wildman–Crippen LogP) is 1.28. The summed E-state index contributed by atoms with van der Waals surface area (Å²) >= 11 is 1.26. The maximum Gasteiger partial charge on any atom is 0.227 e. The minimum absolute atomic E-state index is 0.185. The Labute approximate surface area is 121 Å². The molecule has 20 heavy (non-hydrogen) atoms. The number of thioether (sulfide) groups is 1. The molecular formula is C13H16N4O2S. The van der Waals surface area contributed by atoms with Gasteiger partial charge in [0.15, 0.2) is 11.0 Å². The summed E-state index contributed by atoms with van der Waals surface area (Å²) in [5.41, 5.74) is 6.28. The van der Waals surface area contributed by atoms with Gasteiger partial charge < -0.3 is 15.0 Å². The van der Waals surface area contributed by atoms with Gasteiger partial charge >= 0.3 is 0 Å². The van der Waals surface area contributed by atoms with Crippen molar-refractivity contribution in [3.05, 3.63) is 35.7 Å². The average Bonchev–Trinajstić information content (AvgIpc) is 2.77. The van der Waals surface area contributed by atoms with Gasteiger partial charge in [-0.3, -0.25) is 4.79 Å². The van der Waals surface area contributed by atoms with Crippen LogP contribution >= 0.6 is 11.8 Å². The minimum atomic E-state index is -0.379. The number of ether oxygens (including phenoxy) is 1. The van der Waals surface area contributed by atoms with Gasteiger partial charge in [0.1, 0.15) is 12.4 Å². The highest BCUT2D eigenvalue weighted by Crippen LogP contribution is 2.17. The van der Waals surface area contributed by atoms with Crippen molar-refractivity contribution in [1.29, 1.82) is 0 Å². The van der Waals surface area contributed by atoms with Gasteiger partial charge in [0, 0.05) is 7.05 Å². The van der Waals surface area contributed by atoms with Crippen molar-refractivity contribution < 1.29 is 9.53 Å². The largest absolute Gasteiger partial charge is 0.486 e. The van der Waals surface area contributed by atoms with Crippen LogP contribution in [0.15, 0.2) is 29.4 Å². The van der Waals surface area contributed by atoms with Crippen molar-refractivity contribution in [3.8, 4) is 5.75 Å². The van der Waals surface area contributed by atoms with E-state index in [1.54, 1.807) is 4.57 Å².